The van der Waals surface area contributed by atoms with Crippen LogP contribution >= 0.6 is 0 Å². The molecule has 2 aliphatic rings. The maximum Gasteiger partial charge on any atom is 0.224 e. The Balaban J connectivity index is 1.52. The minimum absolute atomic E-state index is 0.166. The molecule has 2 saturated carbocycles. The van der Waals surface area contributed by atoms with Crippen molar-refractivity contribution in [1.82, 2.24) is 25.5 Å². The topological polar surface area (TPSA) is 72.7 Å². The Morgan fingerprint density at radius 3 is 2.94 bits per heavy atom. The molecule has 6 nitrogen and oxygen atoms in total. The van der Waals surface area contributed by atoms with Crippen molar-refractivity contribution in [3.63, 3.8) is 0 Å². The first-order valence-electron chi connectivity index (χ1n) is 6.20. The summed E-state index contributed by atoms with van der Waals surface area (Å²) in [5.41, 5.74) is 0.361. The second kappa shape index (κ2) is 3.78. The molecule has 0 aliphatic heterocycles. The molecule has 1 atom stereocenters. The molecule has 0 bridgehead atoms. The number of carbonyl (C=O) groups is 1. The maximum atomic E-state index is 12.0. The van der Waals surface area contributed by atoms with E-state index in [1.54, 1.807) is 7.05 Å². The van der Waals surface area contributed by atoms with Gasteiger partial charge in [-0.15, -0.1) is 10.2 Å². The zero-order chi connectivity index (χ0) is 11.9. The fourth-order valence-corrected chi connectivity index (χ4v) is 3.03. The average molecular weight is 235 g/mol. The van der Waals surface area contributed by atoms with Gasteiger partial charge in [0.1, 0.15) is 0 Å². The molecule has 92 valence electrons. The fourth-order valence-electron chi connectivity index (χ4n) is 3.03. The Bertz CT molecular complexity index is 435. The van der Waals surface area contributed by atoms with Gasteiger partial charge in [-0.05, 0) is 29.9 Å². The third-order valence-corrected chi connectivity index (χ3v) is 4.08. The molecule has 6 heteroatoms. The Hall–Kier alpha value is -1.46. The van der Waals surface area contributed by atoms with Gasteiger partial charge >= 0.3 is 0 Å². The summed E-state index contributed by atoms with van der Waals surface area (Å²) in [6, 6.07) is 0. The summed E-state index contributed by atoms with van der Waals surface area (Å²) in [6.45, 7) is 0.388. The summed E-state index contributed by atoms with van der Waals surface area (Å²) in [6.07, 6.45) is 6.11. The minimum Gasteiger partial charge on any atom is -0.348 e. The van der Waals surface area contributed by atoms with Crippen LogP contribution in [-0.4, -0.2) is 26.1 Å². The van der Waals surface area contributed by atoms with Crippen LogP contribution in [0.15, 0.2) is 0 Å². The van der Waals surface area contributed by atoms with Gasteiger partial charge in [0, 0.05) is 5.92 Å². The zero-order valence-corrected chi connectivity index (χ0v) is 10.0. The van der Waals surface area contributed by atoms with E-state index < -0.39 is 0 Å². The van der Waals surface area contributed by atoms with E-state index in [-0.39, 0.29) is 11.8 Å². The van der Waals surface area contributed by atoms with E-state index in [0.29, 0.717) is 17.8 Å². The summed E-state index contributed by atoms with van der Waals surface area (Å²) in [5.74, 6) is 0.975. The van der Waals surface area contributed by atoms with Crippen LogP contribution in [0.3, 0.4) is 0 Å². The van der Waals surface area contributed by atoms with Gasteiger partial charge in [-0.25, -0.2) is 0 Å². The molecule has 1 N–H and O–H groups in total. The van der Waals surface area contributed by atoms with Gasteiger partial charge in [0.05, 0.1) is 13.6 Å². The number of carbonyl (C=O) groups excluding carboxylic acids is 1. The van der Waals surface area contributed by atoms with Gasteiger partial charge in [-0.2, -0.15) is 4.80 Å². The van der Waals surface area contributed by atoms with Crippen molar-refractivity contribution in [1.29, 1.82) is 0 Å². The molecule has 2 aliphatic carbocycles. The van der Waals surface area contributed by atoms with Crippen LogP contribution in [0.1, 0.15) is 37.9 Å². The van der Waals surface area contributed by atoms with Gasteiger partial charge in [-0.3, -0.25) is 4.79 Å². The number of rotatable bonds is 3. The lowest BCUT2D eigenvalue weighted by molar-refractivity contribution is -0.123. The Labute approximate surface area is 99.8 Å². The molecule has 0 saturated heterocycles. The quantitative estimate of drug-likeness (QED) is 0.823. The van der Waals surface area contributed by atoms with Crippen LogP contribution in [0, 0.1) is 11.3 Å². The van der Waals surface area contributed by atoms with E-state index in [1.807, 2.05) is 0 Å². The third kappa shape index (κ3) is 1.92. The van der Waals surface area contributed by atoms with Crippen molar-refractivity contribution >= 4 is 5.91 Å². The largest absolute Gasteiger partial charge is 0.348 e. The van der Waals surface area contributed by atoms with Gasteiger partial charge < -0.3 is 5.32 Å². The smallest absolute Gasteiger partial charge is 0.224 e. The predicted molar refractivity (Wildman–Crippen MR) is 59.7 cm³/mol. The number of hydrogen-bond acceptors (Lipinski definition) is 4. The van der Waals surface area contributed by atoms with Crippen molar-refractivity contribution in [2.45, 2.75) is 38.6 Å². The number of amides is 1. The van der Waals surface area contributed by atoms with Crippen molar-refractivity contribution in [3.05, 3.63) is 5.82 Å². The van der Waals surface area contributed by atoms with Crippen molar-refractivity contribution in [2.75, 3.05) is 0 Å². The molecule has 0 radical (unpaired) electrons. The zero-order valence-electron chi connectivity index (χ0n) is 10.0. The lowest BCUT2D eigenvalue weighted by Gasteiger charge is -2.07. The summed E-state index contributed by atoms with van der Waals surface area (Å²) < 4.78 is 0. The number of nitrogens with one attached hydrogen (secondary N) is 1. The van der Waals surface area contributed by atoms with Crippen molar-refractivity contribution in [3.8, 4) is 0 Å². The minimum atomic E-state index is 0.166. The Morgan fingerprint density at radius 1 is 1.53 bits per heavy atom. The monoisotopic (exact) mass is 235 g/mol. The molecule has 17 heavy (non-hydrogen) atoms. The molecule has 3 rings (SSSR count). The highest BCUT2D eigenvalue weighted by Gasteiger charge is 2.58. The highest BCUT2D eigenvalue weighted by molar-refractivity contribution is 5.82. The lowest BCUT2D eigenvalue weighted by atomic mass is 10.0. The van der Waals surface area contributed by atoms with E-state index in [0.717, 1.165) is 6.42 Å². The number of tetrazole rings is 1. The fraction of sp³-hybridized carbons (Fsp3) is 0.818. The molecule has 1 unspecified atom stereocenters. The third-order valence-electron chi connectivity index (χ3n) is 4.08. The van der Waals surface area contributed by atoms with Crippen LogP contribution in [0.5, 0.6) is 0 Å². The summed E-state index contributed by atoms with van der Waals surface area (Å²) in [5, 5.41) is 14.5. The van der Waals surface area contributed by atoms with Gasteiger partial charge in [0.15, 0.2) is 5.82 Å². The van der Waals surface area contributed by atoms with E-state index in [4.69, 9.17) is 0 Å². The molecule has 2 fully saturated rings. The normalized spacial score (nSPS) is 25.1. The van der Waals surface area contributed by atoms with Gasteiger partial charge in [0.25, 0.3) is 0 Å². The van der Waals surface area contributed by atoms with Gasteiger partial charge in [-0.1, -0.05) is 12.8 Å². The van der Waals surface area contributed by atoms with Crippen LogP contribution in [-0.2, 0) is 18.4 Å². The molecule has 0 aromatic carbocycles. The molecule has 1 heterocycles. The van der Waals surface area contributed by atoms with E-state index in [2.05, 4.69) is 20.7 Å². The predicted octanol–water partition coefficient (Wildman–Crippen LogP) is 0.407. The van der Waals surface area contributed by atoms with Crippen LogP contribution in [0.2, 0.25) is 0 Å². The Morgan fingerprint density at radius 2 is 2.29 bits per heavy atom. The highest BCUT2D eigenvalue weighted by Crippen LogP contribution is 2.62. The van der Waals surface area contributed by atoms with Crippen LogP contribution in [0.25, 0.3) is 0 Å². The molecule has 1 aromatic rings. The van der Waals surface area contributed by atoms with E-state index in [9.17, 15) is 4.79 Å². The SMILES string of the molecule is Cn1nnc(CNC(=O)C2CC23CCCC3)n1. The summed E-state index contributed by atoms with van der Waals surface area (Å²) in [4.78, 5) is 13.4. The second-order valence-electron chi connectivity index (χ2n) is 5.24. The maximum absolute atomic E-state index is 12.0. The standard InChI is InChI=1S/C11H17N5O/c1-16-14-9(13-15-16)7-12-10(17)8-6-11(8)4-2-3-5-11/h8H,2-7H2,1H3,(H,12,17). The molecule has 1 aromatic heterocycles. The summed E-state index contributed by atoms with van der Waals surface area (Å²) >= 11 is 0. The van der Waals surface area contributed by atoms with E-state index >= 15 is 0 Å². The first kappa shape index (κ1) is 10.7. The second-order valence-corrected chi connectivity index (χ2v) is 5.24. The molecule has 1 amide bonds. The first-order valence-corrected chi connectivity index (χ1v) is 6.20. The van der Waals surface area contributed by atoms with Crippen LogP contribution < -0.4 is 5.32 Å². The molecular formula is C11H17N5O. The lowest BCUT2D eigenvalue weighted by Crippen LogP contribution is -2.27. The van der Waals surface area contributed by atoms with Crippen molar-refractivity contribution in [2.24, 2.45) is 18.4 Å². The summed E-state index contributed by atoms with van der Waals surface area (Å²) in [7, 11) is 1.72. The average Bonchev–Trinajstić information content (AvgIpc) is 2.63. The number of nitrogens with zero attached hydrogens (tertiary/aromatic N) is 4. The molecule has 1 spiro atoms. The van der Waals surface area contributed by atoms with Crippen LogP contribution in [0.4, 0.5) is 0 Å². The number of aryl methyl sites for hydroxylation is 1. The molecular weight excluding hydrogens is 218 g/mol. The highest BCUT2D eigenvalue weighted by atomic mass is 16.2. The Kier molecular flexibility index (Phi) is 2.38. The first-order chi connectivity index (χ1) is 8.20. The number of hydrogen-bond donors (Lipinski definition) is 1. The van der Waals surface area contributed by atoms with E-state index in [1.165, 1.54) is 30.5 Å². The van der Waals surface area contributed by atoms with Crippen molar-refractivity contribution < 1.29 is 4.79 Å². The number of aromatic nitrogens is 4. The van der Waals surface area contributed by atoms with Gasteiger partial charge in [0.2, 0.25) is 5.91 Å².